The summed E-state index contributed by atoms with van der Waals surface area (Å²) in [5.74, 6) is 0. The minimum atomic E-state index is 0. The van der Waals surface area contributed by atoms with E-state index in [9.17, 15) is 0 Å². The highest BCUT2D eigenvalue weighted by Crippen LogP contribution is 2.14. The quantitative estimate of drug-likeness (QED) is 0.919. The van der Waals surface area contributed by atoms with Gasteiger partial charge >= 0.3 is 0 Å². The van der Waals surface area contributed by atoms with E-state index in [1.807, 2.05) is 0 Å². The minimum Gasteiger partial charge on any atom is -0.315 e. The molecule has 2 saturated heterocycles. The summed E-state index contributed by atoms with van der Waals surface area (Å²) in [5, 5.41) is 3.47. The molecule has 0 spiro atoms. The highest BCUT2D eigenvalue weighted by Gasteiger charge is 2.25. The van der Waals surface area contributed by atoms with Crippen LogP contribution in [0.3, 0.4) is 0 Å². The molecule has 1 unspecified atom stereocenters. The van der Waals surface area contributed by atoms with Crippen molar-refractivity contribution >= 4 is 12.4 Å². The maximum absolute atomic E-state index is 3.47. The fourth-order valence-electron chi connectivity index (χ4n) is 3.31. The summed E-state index contributed by atoms with van der Waals surface area (Å²) in [6.07, 6.45) is 1.33. The second-order valence-corrected chi connectivity index (χ2v) is 5.95. The molecule has 0 aliphatic carbocycles. The Morgan fingerprint density at radius 1 is 1.20 bits per heavy atom. The summed E-state index contributed by atoms with van der Waals surface area (Å²) in [4.78, 5) is 5.26. The molecule has 2 aliphatic rings. The molecule has 2 fully saturated rings. The van der Waals surface area contributed by atoms with Crippen molar-refractivity contribution in [2.24, 2.45) is 0 Å². The van der Waals surface area contributed by atoms with Crippen molar-refractivity contribution in [2.75, 3.05) is 39.3 Å². The van der Waals surface area contributed by atoms with Gasteiger partial charge in [0.2, 0.25) is 0 Å². The van der Waals surface area contributed by atoms with Crippen LogP contribution in [0.4, 0.5) is 0 Å². The first-order chi connectivity index (χ1) is 9.31. The van der Waals surface area contributed by atoms with E-state index in [2.05, 4.69) is 46.3 Å². The zero-order chi connectivity index (χ0) is 13.1. The van der Waals surface area contributed by atoms with E-state index in [-0.39, 0.29) is 12.4 Å². The fraction of sp³-hybridized carbons (Fsp3) is 0.625. The normalized spacial score (nSPS) is 24.6. The van der Waals surface area contributed by atoms with Crippen LogP contribution < -0.4 is 5.32 Å². The molecule has 3 nitrogen and oxygen atoms in total. The molecule has 2 heterocycles. The van der Waals surface area contributed by atoms with Gasteiger partial charge in [-0.05, 0) is 25.5 Å². The van der Waals surface area contributed by atoms with E-state index in [1.54, 1.807) is 0 Å². The Balaban J connectivity index is 0.00000147. The fourth-order valence-corrected chi connectivity index (χ4v) is 3.31. The number of nitrogens with one attached hydrogen (secondary N) is 1. The van der Waals surface area contributed by atoms with E-state index in [4.69, 9.17) is 0 Å². The topological polar surface area (TPSA) is 18.5 Å². The molecule has 0 bridgehead atoms. The molecular formula is C16H26ClN3. The zero-order valence-electron chi connectivity index (χ0n) is 12.3. The van der Waals surface area contributed by atoms with Gasteiger partial charge < -0.3 is 5.32 Å². The third kappa shape index (κ3) is 3.95. The number of piperazine rings is 1. The van der Waals surface area contributed by atoms with Gasteiger partial charge in [-0.1, -0.05) is 29.8 Å². The van der Waals surface area contributed by atoms with Crippen LogP contribution >= 0.6 is 12.4 Å². The lowest BCUT2D eigenvalue weighted by molar-refractivity contribution is 0.0981. The maximum atomic E-state index is 3.47. The van der Waals surface area contributed by atoms with Gasteiger partial charge in [-0.3, -0.25) is 9.80 Å². The Bertz CT molecular complexity index is 410. The Hall–Kier alpha value is -0.610. The molecule has 0 saturated carbocycles. The standard InChI is InChI=1S/C16H25N3.ClH/c1-14-3-2-4-15(11-14)13-18-7-9-19(10-8-18)16-5-6-17-12-16;/h2-4,11,16-17H,5-10,12-13H2,1H3;1H. The van der Waals surface area contributed by atoms with Gasteiger partial charge in [0.05, 0.1) is 0 Å². The molecule has 2 aliphatic heterocycles. The summed E-state index contributed by atoms with van der Waals surface area (Å²) in [6, 6.07) is 9.70. The highest BCUT2D eigenvalue weighted by molar-refractivity contribution is 5.85. The van der Waals surface area contributed by atoms with Gasteiger partial charge in [-0.15, -0.1) is 12.4 Å². The number of nitrogens with zero attached hydrogens (tertiary/aromatic N) is 2. The van der Waals surface area contributed by atoms with E-state index in [1.165, 1.54) is 56.8 Å². The van der Waals surface area contributed by atoms with E-state index < -0.39 is 0 Å². The Kier molecular flexibility index (Phi) is 5.85. The molecule has 1 aromatic carbocycles. The van der Waals surface area contributed by atoms with Gasteiger partial charge in [0, 0.05) is 45.3 Å². The monoisotopic (exact) mass is 295 g/mol. The number of rotatable bonds is 3. The van der Waals surface area contributed by atoms with Crippen molar-refractivity contribution in [2.45, 2.75) is 25.9 Å². The summed E-state index contributed by atoms with van der Waals surface area (Å²) >= 11 is 0. The lowest BCUT2D eigenvalue weighted by Gasteiger charge is -2.37. The molecule has 1 N–H and O–H groups in total. The second kappa shape index (κ2) is 7.41. The highest BCUT2D eigenvalue weighted by atomic mass is 35.5. The molecule has 0 aromatic heterocycles. The molecular weight excluding hydrogens is 270 g/mol. The van der Waals surface area contributed by atoms with Crippen LogP contribution in [-0.2, 0) is 6.54 Å². The molecule has 1 atom stereocenters. The maximum Gasteiger partial charge on any atom is 0.0234 e. The zero-order valence-corrected chi connectivity index (χ0v) is 13.2. The first-order valence-electron chi connectivity index (χ1n) is 7.54. The van der Waals surface area contributed by atoms with E-state index in [0.29, 0.717) is 0 Å². The molecule has 20 heavy (non-hydrogen) atoms. The van der Waals surface area contributed by atoms with Crippen LogP contribution in [-0.4, -0.2) is 55.1 Å². The average Bonchev–Trinajstić information content (AvgIpc) is 2.94. The third-order valence-corrected chi connectivity index (χ3v) is 4.45. The SMILES string of the molecule is Cc1cccc(CN2CCN(C3CCNC3)CC2)c1.Cl. The molecule has 4 heteroatoms. The first-order valence-corrected chi connectivity index (χ1v) is 7.54. The molecule has 112 valence electrons. The van der Waals surface area contributed by atoms with E-state index >= 15 is 0 Å². The number of hydrogen-bond acceptors (Lipinski definition) is 3. The van der Waals surface area contributed by atoms with Gasteiger partial charge in [0.15, 0.2) is 0 Å². The lowest BCUT2D eigenvalue weighted by atomic mass is 10.1. The van der Waals surface area contributed by atoms with Crippen LogP contribution in [0.15, 0.2) is 24.3 Å². The van der Waals surface area contributed by atoms with Crippen LogP contribution in [0.1, 0.15) is 17.5 Å². The average molecular weight is 296 g/mol. The van der Waals surface area contributed by atoms with Crippen LogP contribution in [0.25, 0.3) is 0 Å². The Morgan fingerprint density at radius 2 is 2.00 bits per heavy atom. The Morgan fingerprint density at radius 3 is 2.65 bits per heavy atom. The van der Waals surface area contributed by atoms with Gasteiger partial charge in [-0.2, -0.15) is 0 Å². The largest absolute Gasteiger partial charge is 0.315 e. The first kappa shape index (κ1) is 15.8. The Labute approximate surface area is 128 Å². The van der Waals surface area contributed by atoms with Crippen molar-refractivity contribution in [1.29, 1.82) is 0 Å². The van der Waals surface area contributed by atoms with Crippen molar-refractivity contribution in [3.8, 4) is 0 Å². The summed E-state index contributed by atoms with van der Waals surface area (Å²) in [7, 11) is 0. The smallest absolute Gasteiger partial charge is 0.0234 e. The lowest BCUT2D eigenvalue weighted by Crippen LogP contribution is -2.50. The van der Waals surface area contributed by atoms with Crippen molar-refractivity contribution in [1.82, 2.24) is 15.1 Å². The van der Waals surface area contributed by atoms with E-state index in [0.717, 1.165) is 12.6 Å². The van der Waals surface area contributed by atoms with Crippen molar-refractivity contribution in [3.63, 3.8) is 0 Å². The molecule has 3 rings (SSSR count). The summed E-state index contributed by atoms with van der Waals surface area (Å²) < 4.78 is 0. The predicted octanol–water partition coefficient (Wildman–Crippen LogP) is 1.90. The summed E-state index contributed by atoms with van der Waals surface area (Å²) in [5.41, 5.74) is 2.82. The van der Waals surface area contributed by atoms with Gasteiger partial charge in [-0.25, -0.2) is 0 Å². The molecule has 0 amide bonds. The number of halogens is 1. The number of aryl methyl sites for hydroxylation is 1. The van der Waals surface area contributed by atoms with Crippen LogP contribution in [0.5, 0.6) is 0 Å². The minimum absolute atomic E-state index is 0. The van der Waals surface area contributed by atoms with Gasteiger partial charge in [0.25, 0.3) is 0 Å². The summed E-state index contributed by atoms with van der Waals surface area (Å²) in [6.45, 7) is 10.6. The third-order valence-electron chi connectivity index (χ3n) is 4.45. The van der Waals surface area contributed by atoms with Crippen molar-refractivity contribution < 1.29 is 0 Å². The second-order valence-electron chi connectivity index (χ2n) is 5.95. The van der Waals surface area contributed by atoms with Gasteiger partial charge in [0.1, 0.15) is 0 Å². The molecule has 1 aromatic rings. The molecule has 0 radical (unpaired) electrons. The van der Waals surface area contributed by atoms with Crippen molar-refractivity contribution in [3.05, 3.63) is 35.4 Å². The number of hydrogen-bond donors (Lipinski definition) is 1. The predicted molar refractivity (Wildman–Crippen MR) is 86.6 cm³/mol. The van der Waals surface area contributed by atoms with Crippen LogP contribution in [0.2, 0.25) is 0 Å². The number of benzene rings is 1. The van der Waals surface area contributed by atoms with Crippen LogP contribution in [0, 0.1) is 6.92 Å².